The van der Waals surface area contributed by atoms with E-state index in [4.69, 9.17) is 10.5 Å². The van der Waals surface area contributed by atoms with Gasteiger partial charge in [0, 0.05) is 11.5 Å². The molecule has 0 saturated heterocycles. The van der Waals surface area contributed by atoms with Gasteiger partial charge in [0.1, 0.15) is 18.7 Å². The molecular formula is C23H29N3O4S. The Labute approximate surface area is 187 Å². The summed E-state index contributed by atoms with van der Waals surface area (Å²) in [6.45, 7) is 3.67. The summed E-state index contributed by atoms with van der Waals surface area (Å²) in [6, 6.07) is 17.4. The van der Waals surface area contributed by atoms with Crippen molar-refractivity contribution in [1.29, 1.82) is 0 Å². The number of alkyl carbamates (subject to hydrolysis) is 1. The van der Waals surface area contributed by atoms with Crippen LogP contribution in [0.15, 0.2) is 60.7 Å². The smallest absolute Gasteiger partial charge is 0.408 e. The molecule has 0 bridgehead atoms. The minimum atomic E-state index is -0.877. The largest absolute Gasteiger partial charge is 0.445 e. The van der Waals surface area contributed by atoms with E-state index in [1.165, 1.54) is 11.8 Å². The second-order valence-electron chi connectivity index (χ2n) is 7.39. The molecule has 4 N–H and O–H groups in total. The van der Waals surface area contributed by atoms with Gasteiger partial charge in [0.25, 0.3) is 0 Å². The molecule has 0 aromatic heterocycles. The van der Waals surface area contributed by atoms with Crippen molar-refractivity contribution in [3.63, 3.8) is 0 Å². The van der Waals surface area contributed by atoms with Crippen LogP contribution in [0, 0.1) is 5.92 Å². The Balaban J connectivity index is 1.98. The molecule has 3 amide bonds. The van der Waals surface area contributed by atoms with Crippen molar-refractivity contribution in [2.24, 2.45) is 11.7 Å². The van der Waals surface area contributed by atoms with Gasteiger partial charge in [0.2, 0.25) is 11.8 Å². The topological polar surface area (TPSA) is 111 Å². The van der Waals surface area contributed by atoms with E-state index in [1.807, 2.05) is 60.7 Å². The van der Waals surface area contributed by atoms with Crippen LogP contribution in [0.1, 0.15) is 25.0 Å². The van der Waals surface area contributed by atoms with Crippen LogP contribution >= 0.6 is 11.8 Å². The highest BCUT2D eigenvalue weighted by Crippen LogP contribution is 2.14. The van der Waals surface area contributed by atoms with E-state index < -0.39 is 30.0 Å². The Morgan fingerprint density at radius 3 is 2.06 bits per heavy atom. The molecule has 0 radical (unpaired) electrons. The Kier molecular flexibility index (Phi) is 9.90. The number of nitrogens with two attached hydrogens (primary N) is 1. The molecule has 166 valence electrons. The minimum absolute atomic E-state index is 0.0913. The molecule has 0 aliphatic heterocycles. The summed E-state index contributed by atoms with van der Waals surface area (Å²) in [4.78, 5) is 36.8. The first-order chi connectivity index (χ1) is 14.9. The molecule has 0 fully saturated rings. The summed E-state index contributed by atoms with van der Waals surface area (Å²) in [5, 5.41) is 5.26. The summed E-state index contributed by atoms with van der Waals surface area (Å²) in [5.74, 6) is -0.288. The van der Waals surface area contributed by atoms with Crippen LogP contribution < -0.4 is 16.4 Å². The fourth-order valence-corrected chi connectivity index (χ4v) is 3.80. The van der Waals surface area contributed by atoms with Gasteiger partial charge in [-0.1, -0.05) is 74.5 Å². The second-order valence-corrected chi connectivity index (χ2v) is 8.42. The van der Waals surface area contributed by atoms with Gasteiger partial charge < -0.3 is 21.1 Å². The van der Waals surface area contributed by atoms with Gasteiger partial charge in [-0.2, -0.15) is 11.8 Å². The molecule has 2 atom stereocenters. The van der Waals surface area contributed by atoms with E-state index in [1.54, 1.807) is 13.8 Å². The number of nitrogens with one attached hydrogen (secondary N) is 2. The lowest BCUT2D eigenvalue weighted by molar-refractivity contribution is -0.129. The first-order valence-corrected chi connectivity index (χ1v) is 11.2. The zero-order chi connectivity index (χ0) is 22.6. The Bertz CT molecular complexity index is 846. The molecule has 0 saturated carbocycles. The van der Waals surface area contributed by atoms with Crippen molar-refractivity contribution < 1.29 is 19.1 Å². The highest BCUT2D eigenvalue weighted by Gasteiger charge is 2.27. The van der Waals surface area contributed by atoms with Gasteiger partial charge in [0.15, 0.2) is 0 Å². The lowest BCUT2D eigenvalue weighted by Gasteiger charge is -2.23. The maximum absolute atomic E-state index is 12.8. The fraction of sp³-hybridized carbons (Fsp3) is 0.348. The number of primary amides is 1. The lowest BCUT2D eigenvalue weighted by atomic mass is 10.0. The van der Waals surface area contributed by atoms with Gasteiger partial charge in [0.05, 0.1) is 0 Å². The van der Waals surface area contributed by atoms with Crippen LogP contribution in [0.4, 0.5) is 4.79 Å². The zero-order valence-corrected chi connectivity index (χ0v) is 18.6. The first-order valence-electron chi connectivity index (χ1n) is 10.1. The summed E-state index contributed by atoms with van der Waals surface area (Å²) in [6.07, 6.45) is -0.704. The predicted octanol–water partition coefficient (Wildman–Crippen LogP) is 2.84. The van der Waals surface area contributed by atoms with Crippen LogP contribution in [0.2, 0.25) is 0 Å². The van der Waals surface area contributed by atoms with Crippen molar-refractivity contribution >= 4 is 29.7 Å². The van der Waals surface area contributed by atoms with Gasteiger partial charge in [-0.05, 0) is 17.0 Å². The van der Waals surface area contributed by atoms with E-state index in [0.717, 1.165) is 11.1 Å². The molecule has 0 aliphatic carbocycles. The lowest BCUT2D eigenvalue weighted by Crippen LogP contribution is -2.55. The molecule has 2 rings (SSSR count). The third-order valence-electron chi connectivity index (χ3n) is 4.49. The summed E-state index contributed by atoms with van der Waals surface area (Å²) >= 11 is 1.50. The van der Waals surface area contributed by atoms with Crippen molar-refractivity contribution in [1.82, 2.24) is 10.6 Å². The molecule has 2 aromatic carbocycles. The fourth-order valence-electron chi connectivity index (χ4n) is 2.78. The molecular weight excluding hydrogens is 414 g/mol. The summed E-state index contributed by atoms with van der Waals surface area (Å²) in [5.41, 5.74) is 7.35. The predicted molar refractivity (Wildman–Crippen MR) is 122 cm³/mol. The Morgan fingerprint density at radius 2 is 1.52 bits per heavy atom. The monoisotopic (exact) mass is 443 g/mol. The van der Waals surface area contributed by atoms with Crippen molar-refractivity contribution in [2.45, 2.75) is 38.3 Å². The van der Waals surface area contributed by atoms with E-state index in [2.05, 4.69) is 10.6 Å². The third-order valence-corrected chi connectivity index (χ3v) is 5.59. The molecule has 8 heteroatoms. The second kappa shape index (κ2) is 12.6. The number of hydrogen-bond acceptors (Lipinski definition) is 5. The normalized spacial score (nSPS) is 12.6. The number of hydrogen-bond donors (Lipinski definition) is 3. The van der Waals surface area contributed by atoms with Crippen LogP contribution in [0.3, 0.4) is 0 Å². The van der Waals surface area contributed by atoms with E-state index in [0.29, 0.717) is 11.5 Å². The van der Waals surface area contributed by atoms with Crippen LogP contribution in [0.25, 0.3) is 0 Å². The maximum atomic E-state index is 12.8. The van der Waals surface area contributed by atoms with Gasteiger partial charge in [-0.15, -0.1) is 0 Å². The van der Waals surface area contributed by atoms with Crippen LogP contribution in [-0.4, -0.2) is 35.7 Å². The highest BCUT2D eigenvalue weighted by atomic mass is 32.2. The van der Waals surface area contributed by atoms with Gasteiger partial charge in [-0.25, -0.2) is 4.79 Å². The average Bonchev–Trinajstić information content (AvgIpc) is 2.76. The van der Waals surface area contributed by atoms with E-state index >= 15 is 0 Å². The maximum Gasteiger partial charge on any atom is 0.408 e. The SMILES string of the molecule is CC(C)[C@@H](NC(=O)[C@@H](CSCc1ccccc1)NC(=O)OCc1ccccc1)C(N)=O. The highest BCUT2D eigenvalue weighted by molar-refractivity contribution is 7.98. The Morgan fingerprint density at radius 1 is 0.935 bits per heavy atom. The van der Waals surface area contributed by atoms with Crippen molar-refractivity contribution in [3.05, 3.63) is 71.8 Å². The number of amides is 3. The van der Waals surface area contributed by atoms with Crippen LogP contribution in [-0.2, 0) is 26.7 Å². The zero-order valence-electron chi connectivity index (χ0n) is 17.7. The number of thioether (sulfide) groups is 1. The van der Waals surface area contributed by atoms with Crippen molar-refractivity contribution in [3.8, 4) is 0 Å². The summed E-state index contributed by atoms with van der Waals surface area (Å²) in [7, 11) is 0. The van der Waals surface area contributed by atoms with E-state index in [-0.39, 0.29) is 12.5 Å². The van der Waals surface area contributed by atoms with Gasteiger partial charge in [-0.3, -0.25) is 9.59 Å². The average molecular weight is 444 g/mol. The number of rotatable bonds is 11. The molecule has 0 heterocycles. The quantitative estimate of drug-likeness (QED) is 0.495. The number of benzene rings is 2. The molecule has 31 heavy (non-hydrogen) atoms. The van der Waals surface area contributed by atoms with E-state index in [9.17, 15) is 14.4 Å². The number of carbonyl (C=O) groups excluding carboxylic acids is 3. The summed E-state index contributed by atoms with van der Waals surface area (Å²) < 4.78 is 5.24. The third kappa shape index (κ3) is 8.72. The molecule has 0 spiro atoms. The van der Waals surface area contributed by atoms with Gasteiger partial charge >= 0.3 is 6.09 Å². The molecule has 7 nitrogen and oxygen atoms in total. The van der Waals surface area contributed by atoms with Crippen LogP contribution in [0.5, 0.6) is 0 Å². The number of carbonyl (C=O) groups is 3. The molecule has 2 aromatic rings. The first kappa shape index (κ1) is 24.3. The Hall–Kier alpha value is -3.00. The molecule has 0 unspecified atom stereocenters. The minimum Gasteiger partial charge on any atom is -0.445 e. The van der Waals surface area contributed by atoms with Crippen molar-refractivity contribution in [2.75, 3.05) is 5.75 Å². The molecule has 0 aliphatic rings. The number of ether oxygens (including phenoxy) is 1. The standard InChI is InChI=1S/C23H29N3O4S/c1-16(2)20(21(24)27)26-22(28)19(15-31-14-18-11-7-4-8-12-18)25-23(29)30-13-17-9-5-3-6-10-17/h3-12,16,19-20H,13-15H2,1-2H3,(H2,24,27)(H,25,29)(H,26,28)/t19-,20-/m1/s1.